The van der Waals surface area contributed by atoms with Gasteiger partial charge in [0.05, 0.1) is 10.6 Å². The van der Waals surface area contributed by atoms with Crippen LogP contribution in [0.25, 0.3) is 10.6 Å². The molecule has 0 aliphatic carbocycles. The largest absolute Gasteiger partial charge is 0.442 e. The lowest BCUT2D eigenvalue weighted by molar-refractivity contribution is -0.114. The Kier molecular flexibility index (Phi) is 5.40. The van der Waals surface area contributed by atoms with Gasteiger partial charge >= 0.3 is 0 Å². The number of rotatable bonds is 6. The number of hydrogen-bond donors (Lipinski definition) is 2. The van der Waals surface area contributed by atoms with Gasteiger partial charge in [0.15, 0.2) is 5.13 Å². The molecule has 0 unspecified atom stereocenters. The normalized spacial score (nSPS) is 11.5. The Labute approximate surface area is 162 Å². The van der Waals surface area contributed by atoms with Crippen LogP contribution in [-0.4, -0.2) is 19.3 Å². The molecule has 1 aromatic carbocycles. The number of carbonyl (C=O) groups is 1. The molecule has 0 aliphatic rings. The van der Waals surface area contributed by atoms with Crippen molar-refractivity contribution in [1.29, 1.82) is 0 Å². The lowest BCUT2D eigenvalue weighted by Crippen LogP contribution is -2.22. The van der Waals surface area contributed by atoms with E-state index in [1.54, 1.807) is 13.0 Å². The molecule has 0 spiro atoms. The van der Waals surface area contributed by atoms with Gasteiger partial charge in [0.2, 0.25) is 11.0 Å². The summed E-state index contributed by atoms with van der Waals surface area (Å²) >= 11 is 1.18. The van der Waals surface area contributed by atoms with Crippen LogP contribution in [0, 0.1) is 12.7 Å². The zero-order chi connectivity index (χ0) is 19.6. The number of halogens is 1. The number of hydrogen-bond acceptors (Lipinski definition) is 6. The predicted molar refractivity (Wildman–Crippen MR) is 104 cm³/mol. The molecule has 7 nitrogen and oxygen atoms in total. The maximum absolute atomic E-state index is 13.2. The maximum atomic E-state index is 13.2. The van der Waals surface area contributed by atoms with Gasteiger partial charge in [-0.1, -0.05) is 23.5 Å². The Morgan fingerprint density at radius 3 is 2.81 bits per heavy atom. The highest BCUT2D eigenvalue weighted by Gasteiger charge is 2.21. The summed E-state index contributed by atoms with van der Waals surface area (Å²) in [5, 5.41) is 2.72. The number of thiazole rings is 1. The highest BCUT2D eigenvalue weighted by Crippen LogP contribution is 2.34. The number of amides is 1. The van der Waals surface area contributed by atoms with Gasteiger partial charge in [-0.05, 0) is 36.8 Å². The van der Waals surface area contributed by atoms with Crippen molar-refractivity contribution in [3.63, 3.8) is 0 Å². The van der Waals surface area contributed by atoms with Gasteiger partial charge < -0.3 is 9.73 Å². The minimum Gasteiger partial charge on any atom is -0.442 e. The van der Waals surface area contributed by atoms with E-state index in [-0.39, 0.29) is 20.4 Å². The maximum Gasteiger partial charge on any atom is 0.274 e. The van der Waals surface area contributed by atoms with Crippen LogP contribution >= 0.6 is 11.3 Å². The molecule has 0 saturated heterocycles. The lowest BCUT2D eigenvalue weighted by Gasteiger charge is -2.04. The SMILES string of the molecule is CC(=O)Nc1nc(C)c(-c2ccc(S(=O)(=O)NCc3cccc(F)c3)o2)s1.[HH].[HH]. The van der Waals surface area contributed by atoms with Crippen molar-refractivity contribution >= 4 is 32.4 Å². The zero-order valence-electron chi connectivity index (χ0n) is 14.4. The number of nitrogens with one attached hydrogen (secondary N) is 2. The van der Waals surface area contributed by atoms with Gasteiger partial charge in [-0.25, -0.2) is 22.5 Å². The second-order valence-corrected chi connectivity index (χ2v) is 8.38. The van der Waals surface area contributed by atoms with Crippen LogP contribution in [0.1, 0.15) is 21.0 Å². The first-order valence-electron chi connectivity index (χ1n) is 7.84. The van der Waals surface area contributed by atoms with E-state index >= 15 is 0 Å². The van der Waals surface area contributed by atoms with Crippen molar-refractivity contribution in [1.82, 2.24) is 9.71 Å². The molecule has 3 rings (SSSR count). The minimum absolute atomic E-state index is 0. The fourth-order valence-corrected chi connectivity index (χ4v) is 4.23. The molecule has 1 amide bonds. The lowest BCUT2D eigenvalue weighted by atomic mass is 10.2. The molecule has 2 heterocycles. The Hall–Kier alpha value is -2.56. The zero-order valence-corrected chi connectivity index (χ0v) is 16.1. The number of aromatic nitrogens is 1. The first-order valence-corrected chi connectivity index (χ1v) is 10.1. The number of benzene rings is 1. The summed E-state index contributed by atoms with van der Waals surface area (Å²) in [6.45, 7) is 3.04. The van der Waals surface area contributed by atoms with Crippen LogP contribution in [0.4, 0.5) is 9.52 Å². The standard InChI is InChI=1S/C17H16FN3O4S2.2H2/c1-10-16(26-17(20-10)21-11(2)22)14-6-7-15(25-14)27(23,24)19-9-12-4-3-5-13(18)8-12;;/h3-8,19H,9H2,1-2H3,(H,20,21,22);2*1H. The van der Waals surface area contributed by atoms with Crippen molar-refractivity contribution < 1.29 is 24.9 Å². The molecule has 3 aromatic rings. The van der Waals surface area contributed by atoms with Gasteiger partial charge in [-0.2, -0.15) is 0 Å². The van der Waals surface area contributed by atoms with E-state index in [2.05, 4.69) is 15.0 Å². The topological polar surface area (TPSA) is 101 Å². The highest BCUT2D eigenvalue weighted by molar-refractivity contribution is 7.89. The summed E-state index contributed by atoms with van der Waals surface area (Å²) in [5.74, 6) is -0.366. The average Bonchev–Trinajstić information content (AvgIpc) is 3.20. The Bertz CT molecular complexity index is 1100. The van der Waals surface area contributed by atoms with Gasteiger partial charge in [0, 0.05) is 16.3 Å². The molecular formula is C17H20FN3O4S2. The predicted octanol–water partition coefficient (Wildman–Crippen LogP) is 3.78. The van der Waals surface area contributed by atoms with E-state index in [0.717, 1.165) is 0 Å². The number of carbonyl (C=O) groups excluding carboxylic acids is 1. The Balaban J connectivity index is 0.00000210. The van der Waals surface area contributed by atoms with E-state index < -0.39 is 15.8 Å². The summed E-state index contributed by atoms with van der Waals surface area (Å²) in [7, 11) is -3.91. The molecule has 0 aliphatic heterocycles. The van der Waals surface area contributed by atoms with Crippen LogP contribution in [0.3, 0.4) is 0 Å². The fourth-order valence-electron chi connectivity index (χ4n) is 2.31. The molecule has 2 N–H and O–H groups in total. The molecule has 2 aromatic heterocycles. The van der Waals surface area contributed by atoms with Gasteiger partial charge in [0.25, 0.3) is 10.0 Å². The van der Waals surface area contributed by atoms with Gasteiger partial charge in [-0.15, -0.1) is 0 Å². The minimum atomic E-state index is -3.91. The average molecular weight is 413 g/mol. The summed E-state index contributed by atoms with van der Waals surface area (Å²) in [6.07, 6.45) is 0. The quantitative estimate of drug-likeness (QED) is 0.640. The van der Waals surface area contributed by atoms with E-state index in [0.29, 0.717) is 27.0 Å². The van der Waals surface area contributed by atoms with Crippen LogP contribution in [-0.2, 0) is 21.4 Å². The molecule has 10 heteroatoms. The Morgan fingerprint density at radius 2 is 2.11 bits per heavy atom. The fraction of sp³-hybridized carbons (Fsp3) is 0.176. The monoisotopic (exact) mass is 413 g/mol. The van der Waals surface area contributed by atoms with Crippen molar-refractivity contribution in [3.05, 3.63) is 53.5 Å². The summed E-state index contributed by atoms with van der Waals surface area (Å²) in [5.41, 5.74) is 1.10. The molecular weight excluding hydrogens is 393 g/mol. The van der Waals surface area contributed by atoms with Crippen LogP contribution in [0.15, 0.2) is 45.9 Å². The molecule has 0 fully saturated rings. The van der Waals surface area contributed by atoms with Crippen LogP contribution < -0.4 is 10.0 Å². The smallest absolute Gasteiger partial charge is 0.274 e. The van der Waals surface area contributed by atoms with Crippen molar-refractivity contribution in [3.8, 4) is 10.6 Å². The first-order chi connectivity index (χ1) is 12.7. The third kappa shape index (κ3) is 4.59. The van der Waals surface area contributed by atoms with Crippen LogP contribution in [0.5, 0.6) is 0 Å². The highest BCUT2D eigenvalue weighted by atomic mass is 32.2. The molecule has 0 radical (unpaired) electrons. The number of aryl methyl sites for hydroxylation is 1. The summed E-state index contributed by atoms with van der Waals surface area (Å²) in [6, 6.07) is 8.51. The van der Waals surface area contributed by atoms with E-state index in [4.69, 9.17) is 4.42 Å². The molecule has 146 valence electrons. The van der Waals surface area contributed by atoms with Crippen LogP contribution in [0.2, 0.25) is 0 Å². The molecule has 0 atom stereocenters. The first kappa shape index (κ1) is 19.2. The second-order valence-electron chi connectivity index (χ2n) is 5.69. The van der Waals surface area contributed by atoms with E-state index in [1.807, 2.05) is 0 Å². The van der Waals surface area contributed by atoms with Gasteiger partial charge in [0.1, 0.15) is 11.6 Å². The van der Waals surface area contributed by atoms with Crippen molar-refractivity contribution in [2.45, 2.75) is 25.5 Å². The van der Waals surface area contributed by atoms with E-state index in [9.17, 15) is 17.6 Å². The number of sulfonamides is 1. The van der Waals surface area contributed by atoms with Crippen molar-refractivity contribution in [2.75, 3.05) is 5.32 Å². The third-order valence-corrected chi connectivity index (χ3v) is 5.87. The van der Waals surface area contributed by atoms with Gasteiger partial charge in [-0.3, -0.25) is 4.79 Å². The summed E-state index contributed by atoms with van der Waals surface area (Å²) in [4.78, 5) is 16.0. The second kappa shape index (κ2) is 7.59. The third-order valence-electron chi connectivity index (χ3n) is 3.50. The molecule has 27 heavy (non-hydrogen) atoms. The van der Waals surface area contributed by atoms with Crippen molar-refractivity contribution in [2.24, 2.45) is 0 Å². The number of anilines is 1. The molecule has 0 bridgehead atoms. The number of furan rings is 1. The number of nitrogens with zero attached hydrogens (tertiary/aromatic N) is 1. The molecule has 0 saturated carbocycles. The summed E-state index contributed by atoms with van der Waals surface area (Å²) < 4.78 is 45.9. The van der Waals surface area contributed by atoms with E-state index in [1.165, 1.54) is 48.6 Å². The Morgan fingerprint density at radius 1 is 1.33 bits per heavy atom.